The standard InChI is InChI=1S/C22H20N4O4/c1-13-7-8-19-24-20-15(22(28)26(19)11-13)9-16(25(20)2)21(27)23-10-14-12-29-17-5-3-4-6-18(17)30-14/h3-9,11,14H,10,12H2,1-2H3,(H,23,27)/t14-/m1/s1. The summed E-state index contributed by atoms with van der Waals surface area (Å²) in [6.07, 6.45) is 1.45. The number of hydrogen-bond donors (Lipinski definition) is 1. The summed E-state index contributed by atoms with van der Waals surface area (Å²) >= 11 is 0. The molecule has 0 fully saturated rings. The lowest BCUT2D eigenvalue weighted by Gasteiger charge is -2.26. The Morgan fingerprint density at radius 2 is 2.03 bits per heavy atom. The van der Waals surface area contributed by atoms with Crippen LogP contribution in [0.3, 0.4) is 0 Å². The Kier molecular flexibility index (Phi) is 4.20. The van der Waals surface area contributed by atoms with Crippen LogP contribution in [0.15, 0.2) is 53.5 Å². The summed E-state index contributed by atoms with van der Waals surface area (Å²) in [5, 5.41) is 3.27. The highest BCUT2D eigenvalue weighted by atomic mass is 16.6. The van der Waals surface area contributed by atoms with Gasteiger partial charge in [-0.15, -0.1) is 0 Å². The van der Waals surface area contributed by atoms with Gasteiger partial charge in [0.25, 0.3) is 11.5 Å². The molecule has 1 aliphatic heterocycles. The van der Waals surface area contributed by atoms with Gasteiger partial charge >= 0.3 is 0 Å². The van der Waals surface area contributed by atoms with Gasteiger partial charge in [-0.1, -0.05) is 18.2 Å². The second-order valence-electron chi connectivity index (χ2n) is 7.39. The highest BCUT2D eigenvalue weighted by Crippen LogP contribution is 2.30. The van der Waals surface area contributed by atoms with Crippen molar-refractivity contribution in [3.05, 3.63) is 70.3 Å². The quantitative estimate of drug-likeness (QED) is 0.565. The minimum Gasteiger partial charge on any atom is -0.486 e. The van der Waals surface area contributed by atoms with Gasteiger partial charge in [-0.25, -0.2) is 4.98 Å². The van der Waals surface area contributed by atoms with Crippen LogP contribution < -0.4 is 20.3 Å². The molecule has 1 aromatic carbocycles. The van der Waals surface area contributed by atoms with Crippen molar-refractivity contribution < 1.29 is 14.3 Å². The van der Waals surface area contributed by atoms with Crippen LogP contribution in [0.25, 0.3) is 16.7 Å². The summed E-state index contributed by atoms with van der Waals surface area (Å²) in [5.74, 6) is 1.05. The van der Waals surface area contributed by atoms with E-state index in [1.54, 1.807) is 29.9 Å². The molecule has 3 aromatic heterocycles. The highest BCUT2D eigenvalue weighted by Gasteiger charge is 2.23. The number of fused-ring (bicyclic) bond motifs is 3. The maximum absolute atomic E-state index is 12.9. The zero-order valence-electron chi connectivity index (χ0n) is 16.6. The molecule has 8 nitrogen and oxygen atoms in total. The molecule has 1 aliphatic rings. The molecular weight excluding hydrogens is 384 g/mol. The fourth-order valence-electron chi connectivity index (χ4n) is 3.66. The van der Waals surface area contributed by atoms with Crippen LogP contribution in [0.2, 0.25) is 0 Å². The number of pyridine rings is 1. The fraction of sp³-hybridized carbons (Fsp3) is 0.227. The zero-order valence-corrected chi connectivity index (χ0v) is 16.6. The number of nitrogens with zero attached hydrogens (tertiary/aromatic N) is 3. The van der Waals surface area contributed by atoms with Gasteiger partial charge in [0, 0.05) is 13.2 Å². The minimum atomic E-state index is -0.303. The maximum Gasteiger partial charge on any atom is 0.268 e. The number of aryl methyl sites for hydroxylation is 2. The Morgan fingerprint density at radius 1 is 1.23 bits per heavy atom. The third-order valence-electron chi connectivity index (χ3n) is 5.24. The number of benzene rings is 1. The third-order valence-corrected chi connectivity index (χ3v) is 5.24. The maximum atomic E-state index is 12.9. The lowest BCUT2D eigenvalue weighted by molar-refractivity contribution is 0.0785. The number of hydrogen-bond acceptors (Lipinski definition) is 5. The summed E-state index contributed by atoms with van der Waals surface area (Å²) in [6, 6.07) is 12.7. The second kappa shape index (κ2) is 6.91. The minimum absolute atomic E-state index is 0.200. The topological polar surface area (TPSA) is 86.9 Å². The molecule has 5 rings (SSSR count). The van der Waals surface area contributed by atoms with Crippen LogP contribution in [-0.4, -0.2) is 39.1 Å². The summed E-state index contributed by atoms with van der Waals surface area (Å²) in [7, 11) is 1.73. The van der Waals surface area contributed by atoms with E-state index in [0.717, 1.165) is 5.56 Å². The van der Waals surface area contributed by atoms with E-state index in [4.69, 9.17) is 9.47 Å². The summed E-state index contributed by atoms with van der Waals surface area (Å²) in [5.41, 5.74) is 2.13. The van der Waals surface area contributed by atoms with Crippen LogP contribution in [0.4, 0.5) is 0 Å². The first-order valence-corrected chi connectivity index (χ1v) is 9.66. The van der Waals surface area contributed by atoms with Crippen molar-refractivity contribution in [3.63, 3.8) is 0 Å². The lowest BCUT2D eigenvalue weighted by Crippen LogP contribution is -2.41. The van der Waals surface area contributed by atoms with Crippen molar-refractivity contribution >= 4 is 22.6 Å². The van der Waals surface area contributed by atoms with Gasteiger partial charge in [-0.05, 0) is 36.8 Å². The fourth-order valence-corrected chi connectivity index (χ4v) is 3.66. The number of carbonyl (C=O) groups is 1. The molecule has 0 saturated carbocycles. The Hall–Kier alpha value is -3.81. The second-order valence-corrected chi connectivity index (χ2v) is 7.39. The van der Waals surface area contributed by atoms with Crippen LogP contribution in [0, 0.1) is 6.92 Å². The van der Waals surface area contributed by atoms with Crippen molar-refractivity contribution in [1.82, 2.24) is 19.3 Å². The first kappa shape index (κ1) is 18.2. The van der Waals surface area contributed by atoms with Gasteiger partial charge in [0.15, 0.2) is 11.5 Å². The van der Waals surface area contributed by atoms with Gasteiger partial charge in [0.05, 0.1) is 11.9 Å². The number of aromatic nitrogens is 3. The molecule has 0 spiro atoms. The number of amides is 1. The van der Waals surface area contributed by atoms with Crippen molar-refractivity contribution in [2.45, 2.75) is 13.0 Å². The average molecular weight is 404 g/mol. The Labute approximate surface area is 171 Å². The van der Waals surface area contributed by atoms with E-state index < -0.39 is 0 Å². The number of para-hydroxylation sites is 2. The molecule has 8 heteroatoms. The molecular formula is C22H20N4O4. The molecule has 152 valence electrons. The third kappa shape index (κ3) is 2.97. The predicted molar refractivity (Wildman–Crippen MR) is 111 cm³/mol. The first-order valence-electron chi connectivity index (χ1n) is 9.66. The highest BCUT2D eigenvalue weighted by molar-refractivity contribution is 5.98. The van der Waals surface area contributed by atoms with E-state index >= 15 is 0 Å². The Bertz CT molecular complexity index is 1350. The monoisotopic (exact) mass is 404 g/mol. The summed E-state index contributed by atoms with van der Waals surface area (Å²) < 4.78 is 14.7. The lowest BCUT2D eigenvalue weighted by atomic mass is 10.2. The number of nitrogens with one attached hydrogen (secondary N) is 1. The van der Waals surface area contributed by atoms with E-state index in [2.05, 4.69) is 10.3 Å². The van der Waals surface area contributed by atoms with Gasteiger partial charge in [-0.3, -0.25) is 14.0 Å². The average Bonchev–Trinajstić information content (AvgIpc) is 3.09. The van der Waals surface area contributed by atoms with Crippen molar-refractivity contribution in [2.75, 3.05) is 13.2 Å². The van der Waals surface area contributed by atoms with Crippen LogP contribution in [0.1, 0.15) is 16.1 Å². The molecule has 0 saturated heterocycles. The van der Waals surface area contributed by atoms with Gasteiger partial charge in [0.2, 0.25) is 0 Å². The van der Waals surface area contributed by atoms with Crippen molar-refractivity contribution in [2.24, 2.45) is 7.05 Å². The molecule has 4 aromatic rings. The summed E-state index contributed by atoms with van der Waals surface area (Å²) in [4.78, 5) is 30.3. The molecule has 1 atom stereocenters. The Balaban J connectivity index is 1.40. The predicted octanol–water partition coefficient (Wildman–Crippen LogP) is 2.06. The number of carbonyl (C=O) groups excluding carboxylic acids is 1. The van der Waals surface area contributed by atoms with Crippen LogP contribution in [0.5, 0.6) is 11.5 Å². The molecule has 0 bridgehead atoms. The molecule has 1 amide bonds. The van der Waals surface area contributed by atoms with Gasteiger partial charge < -0.3 is 19.4 Å². The normalized spacial score (nSPS) is 15.5. The smallest absolute Gasteiger partial charge is 0.268 e. The van der Waals surface area contributed by atoms with E-state index in [9.17, 15) is 9.59 Å². The van der Waals surface area contributed by atoms with E-state index in [0.29, 0.717) is 40.5 Å². The first-order chi connectivity index (χ1) is 14.5. The molecule has 0 aliphatic carbocycles. The van der Waals surface area contributed by atoms with E-state index in [1.165, 1.54) is 4.40 Å². The molecule has 30 heavy (non-hydrogen) atoms. The van der Waals surface area contributed by atoms with Crippen LogP contribution >= 0.6 is 0 Å². The molecule has 4 heterocycles. The van der Waals surface area contributed by atoms with Gasteiger partial charge in [0.1, 0.15) is 29.7 Å². The molecule has 1 N–H and O–H groups in total. The SMILES string of the molecule is Cc1ccc2nc3c(cc(C(=O)NC[C@@H]4COc5ccccc5O4)n3C)c(=O)n2c1. The molecule has 0 unspecified atom stereocenters. The van der Waals surface area contributed by atoms with E-state index in [-0.39, 0.29) is 24.1 Å². The Morgan fingerprint density at radius 3 is 2.87 bits per heavy atom. The number of ether oxygens (including phenoxy) is 2. The zero-order chi connectivity index (χ0) is 20.8. The van der Waals surface area contributed by atoms with Crippen molar-refractivity contribution in [1.29, 1.82) is 0 Å². The van der Waals surface area contributed by atoms with Crippen molar-refractivity contribution in [3.8, 4) is 11.5 Å². The van der Waals surface area contributed by atoms with E-state index in [1.807, 2.05) is 37.3 Å². The molecule has 0 radical (unpaired) electrons. The number of rotatable bonds is 3. The summed E-state index contributed by atoms with van der Waals surface area (Å²) in [6.45, 7) is 2.54. The van der Waals surface area contributed by atoms with Gasteiger partial charge in [-0.2, -0.15) is 0 Å². The largest absolute Gasteiger partial charge is 0.486 e. The van der Waals surface area contributed by atoms with Crippen LogP contribution in [-0.2, 0) is 7.05 Å².